The molecule has 1 heterocycles. The predicted molar refractivity (Wildman–Crippen MR) is 106 cm³/mol. The molecule has 162 valence electrons. The van der Waals surface area contributed by atoms with Crippen LogP contribution in [0.2, 0.25) is 0 Å². The zero-order valence-electron chi connectivity index (χ0n) is 16.7. The minimum absolute atomic E-state index is 0.00328. The first-order valence-corrected chi connectivity index (χ1v) is 12.2. The van der Waals surface area contributed by atoms with E-state index in [2.05, 4.69) is 0 Å². The van der Waals surface area contributed by atoms with Crippen LogP contribution in [0.15, 0.2) is 45.4 Å². The van der Waals surface area contributed by atoms with E-state index in [0.717, 1.165) is 4.31 Å². The van der Waals surface area contributed by atoms with Gasteiger partial charge in [-0.3, -0.25) is 0 Å². The minimum atomic E-state index is -3.99. The van der Waals surface area contributed by atoms with E-state index in [9.17, 15) is 26.7 Å². The maximum absolute atomic E-state index is 12.9. The van der Waals surface area contributed by atoms with E-state index in [1.807, 2.05) is 0 Å². The Morgan fingerprint density at radius 2 is 1.62 bits per heavy atom. The Labute approximate surface area is 171 Å². The van der Waals surface area contributed by atoms with Crippen LogP contribution in [0.5, 0.6) is 0 Å². The first-order valence-electron chi connectivity index (χ1n) is 9.28. The number of rotatable bonds is 8. The molecule has 29 heavy (non-hydrogen) atoms. The van der Waals surface area contributed by atoms with Crippen LogP contribution in [-0.2, 0) is 29.6 Å². The van der Waals surface area contributed by atoms with Gasteiger partial charge < -0.3 is 9.84 Å². The number of ether oxygens (including phenoxy) is 1. The average Bonchev–Trinajstić information content (AvgIpc) is 2.69. The number of nitrogens with zero attached hydrogens (tertiary/aromatic N) is 2. The highest BCUT2D eigenvalue weighted by atomic mass is 32.2. The fraction of sp³-hybridized carbons (Fsp3) is 0.500. The van der Waals surface area contributed by atoms with Crippen molar-refractivity contribution in [1.29, 1.82) is 0 Å². The molecule has 0 unspecified atom stereocenters. The lowest BCUT2D eigenvalue weighted by Gasteiger charge is -2.27. The Bertz CT molecular complexity index is 980. The molecule has 1 aromatic rings. The summed E-state index contributed by atoms with van der Waals surface area (Å²) in [5, 5.41) is 9.93. The summed E-state index contributed by atoms with van der Waals surface area (Å²) in [4.78, 5) is 11.9. The number of esters is 1. The third-order valence-corrected chi connectivity index (χ3v) is 8.53. The molecule has 0 bridgehead atoms. The number of benzene rings is 1. The van der Waals surface area contributed by atoms with Gasteiger partial charge in [0, 0.05) is 32.6 Å². The van der Waals surface area contributed by atoms with Crippen molar-refractivity contribution in [3.63, 3.8) is 0 Å². The molecule has 0 spiro atoms. The van der Waals surface area contributed by atoms with Gasteiger partial charge in [-0.2, -0.15) is 8.61 Å². The SMILES string of the molecule is CCOC(=O)C1=C(O)CCN(S(=O)(=O)c2ccc(S(=O)(=O)N(CC)CC)cc2)C1. The molecular formula is C18H26N2O7S2. The number of aliphatic hydroxyl groups is 1. The monoisotopic (exact) mass is 446 g/mol. The molecule has 9 nitrogen and oxygen atoms in total. The molecular weight excluding hydrogens is 420 g/mol. The number of hydrogen-bond donors (Lipinski definition) is 1. The molecule has 0 atom stereocenters. The summed E-state index contributed by atoms with van der Waals surface area (Å²) in [5.41, 5.74) is -0.0950. The summed E-state index contributed by atoms with van der Waals surface area (Å²) in [6, 6.07) is 4.97. The van der Waals surface area contributed by atoms with Crippen LogP contribution < -0.4 is 0 Å². The van der Waals surface area contributed by atoms with Gasteiger partial charge in [-0.15, -0.1) is 0 Å². The Balaban J connectivity index is 2.30. The van der Waals surface area contributed by atoms with Gasteiger partial charge in [-0.05, 0) is 31.2 Å². The number of sulfonamides is 2. The van der Waals surface area contributed by atoms with Gasteiger partial charge in [-0.25, -0.2) is 21.6 Å². The molecule has 0 aromatic heterocycles. The van der Waals surface area contributed by atoms with Crippen molar-refractivity contribution in [3.05, 3.63) is 35.6 Å². The lowest BCUT2D eigenvalue weighted by Crippen LogP contribution is -2.39. The maximum atomic E-state index is 12.9. The molecule has 0 radical (unpaired) electrons. The smallest absolute Gasteiger partial charge is 0.338 e. The summed E-state index contributed by atoms with van der Waals surface area (Å²) >= 11 is 0. The lowest BCUT2D eigenvalue weighted by atomic mass is 10.1. The molecule has 11 heteroatoms. The second kappa shape index (κ2) is 9.24. The molecule has 0 fully saturated rings. The molecule has 2 rings (SSSR count). The van der Waals surface area contributed by atoms with Gasteiger partial charge in [0.2, 0.25) is 20.0 Å². The van der Waals surface area contributed by atoms with Crippen molar-refractivity contribution in [2.45, 2.75) is 37.0 Å². The minimum Gasteiger partial charge on any atom is -0.512 e. The van der Waals surface area contributed by atoms with E-state index in [1.165, 1.54) is 28.6 Å². The second-order valence-corrected chi connectivity index (χ2v) is 10.2. The van der Waals surface area contributed by atoms with Crippen LogP contribution in [0.1, 0.15) is 27.2 Å². The van der Waals surface area contributed by atoms with Crippen LogP contribution in [0.3, 0.4) is 0 Å². The van der Waals surface area contributed by atoms with Crippen LogP contribution in [0.4, 0.5) is 0 Å². The highest BCUT2D eigenvalue weighted by Crippen LogP contribution is 2.25. The first kappa shape index (κ1) is 23.3. The highest BCUT2D eigenvalue weighted by Gasteiger charge is 2.33. The van der Waals surface area contributed by atoms with Crippen LogP contribution in [-0.4, -0.2) is 69.3 Å². The van der Waals surface area contributed by atoms with E-state index >= 15 is 0 Å². The van der Waals surface area contributed by atoms with Gasteiger partial charge >= 0.3 is 5.97 Å². The Morgan fingerprint density at radius 1 is 1.07 bits per heavy atom. The second-order valence-electron chi connectivity index (χ2n) is 6.30. The molecule has 1 N–H and O–H groups in total. The third-order valence-electron chi connectivity index (χ3n) is 4.61. The van der Waals surface area contributed by atoms with Crippen molar-refractivity contribution in [2.24, 2.45) is 0 Å². The molecule has 0 saturated carbocycles. The fourth-order valence-electron chi connectivity index (χ4n) is 2.98. The molecule has 0 amide bonds. The van der Waals surface area contributed by atoms with Crippen LogP contribution in [0.25, 0.3) is 0 Å². The van der Waals surface area contributed by atoms with E-state index in [4.69, 9.17) is 4.74 Å². The summed E-state index contributed by atoms with van der Waals surface area (Å²) in [7, 11) is -7.69. The summed E-state index contributed by atoms with van der Waals surface area (Å²) in [5.74, 6) is -0.943. The summed E-state index contributed by atoms with van der Waals surface area (Å²) in [6.45, 7) is 5.45. The normalized spacial score (nSPS) is 16.3. The fourth-order valence-corrected chi connectivity index (χ4v) is 5.85. The zero-order valence-corrected chi connectivity index (χ0v) is 18.3. The Hall–Kier alpha value is -1.95. The molecule has 1 aliphatic rings. The quantitative estimate of drug-likeness (QED) is 0.600. The molecule has 0 saturated heterocycles. The van der Waals surface area contributed by atoms with Gasteiger partial charge in [0.05, 0.1) is 22.0 Å². The Kier molecular flexibility index (Phi) is 7.44. The van der Waals surface area contributed by atoms with Crippen molar-refractivity contribution in [2.75, 3.05) is 32.8 Å². The van der Waals surface area contributed by atoms with Gasteiger partial charge in [0.1, 0.15) is 5.76 Å². The first-order chi connectivity index (χ1) is 13.6. The van der Waals surface area contributed by atoms with Gasteiger partial charge in [-0.1, -0.05) is 13.8 Å². The van der Waals surface area contributed by atoms with Crippen molar-refractivity contribution in [3.8, 4) is 0 Å². The van der Waals surface area contributed by atoms with Crippen molar-refractivity contribution in [1.82, 2.24) is 8.61 Å². The van der Waals surface area contributed by atoms with Gasteiger partial charge in [0.15, 0.2) is 0 Å². The van der Waals surface area contributed by atoms with Gasteiger partial charge in [0.25, 0.3) is 0 Å². The number of aliphatic hydroxyl groups excluding tert-OH is 1. The molecule has 0 aliphatic carbocycles. The number of hydrogen-bond acceptors (Lipinski definition) is 7. The van der Waals surface area contributed by atoms with E-state index in [-0.39, 0.29) is 47.2 Å². The molecule has 1 aliphatic heterocycles. The van der Waals surface area contributed by atoms with E-state index in [0.29, 0.717) is 13.1 Å². The topological polar surface area (TPSA) is 121 Å². The lowest BCUT2D eigenvalue weighted by molar-refractivity contribution is -0.139. The van der Waals surface area contributed by atoms with E-state index in [1.54, 1.807) is 20.8 Å². The average molecular weight is 447 g/mol. The highest BCUT2D eigenvalue weighted by molar-refractivity contribution is 7.89. The van der Waals surface area contributed by atoms with E-state index < -0.39 is 26.0 Å². The number of carbonyl (C=O) groups excluding carboxylic acids is 1. The van der Waals surface area contributed by atoms with Crippen LogP contribution >= 0.6 is 0 Å². The maximum Gasteiger partial charge on any atom is 0.338 e. The number of carbonyl (C=O) groups is 1. The van der Waals surface area contributed by atoms with Crippen molar-refractivity contribution >= 4 is 26.0 Å². The Morgan fingerprint density at radius 3 is 2.14 bits per heavy atom. The standard InChI is InChI=1S/C18H26N2O7S2/c1-4-19(5-2)28(23,24)14-7-9-15(10-8-14)29(25,26)20-12-11-17(21)16(13-20)18(22)27-6-3/h7-10,21H,4-6,11-13H2,1-3H3. The zero-order chi connectivity index (χ0) is 21.8. The third kappa shape index (κ3) is 4.80. The summed E-state index contributed by atoms with van der Waals surface area (Å²) < 4.78 is 58.2. The largest absolute Gasteiger partial charge is 0.512 e. The summed E-state index contributed by atoms with van der Waals surface area (Å²) in [6.07, 6.45) is -0.0121. The van der Waals surface area contributed by atoms with Crippen LogP contribution in [0, 0.1) is 0 Å². The predicted octanol–water partition coefficient (Wildman–Crippen LogP) is 1.49. The molecule has 1 aromatic carbocycles. The van der Waals surface area contributed by atoms with Crippen molar-refractivity contribution < 1.29 is 31.5 Å².